The molecule has 0 bridgehead atoms. The number of aryl methyl sites for hydroxylation is 2. The molecule has 2 amide bonds. The lowest BCUT2D eigenvalue weighted by Crippen LogP contribution is -2.52. The number of halogens is 2. The van der Waals surface area contributed by atoms with Crippen LogP contribution in [0.25, 0.3) is 0 Å². The summed E-state index contributed by atoms with van der Waals surface area (Å²) in [5.74, 6) is -0.874. The molecule has 0 radical (unpaired) electrons. The Morgan fingerprint density at radius 3 is 2.23 bits per heavy atom. The Kier molecular flexibility index (Phi) is 10.4. The number of anilines is 1. The van der Waals surface area contributed by atoms with E-state index in [2.05, 4.69) is 5.32 Å². The van der Waals surface area contributed by atoms with Gasteiger partial charge in [0.2, 0.25) is 11.8 Å². The van der Waals surface area contributed by atoms with Gasteiger partial charge in [0, 0.05) is 23.1 Å². The van der Waals surface area contributed by atoms with Gasteiger partial charge in [0.15, 0.2) is 0 Å². The third-order valence-electron chi connectivity index (χ3n) is 6.32. The van der Waals surface area contributed by atoms with Crippen LogP contribution in [0.15, 0.2) is 71.6 Å². The van der Waals surface area contributed by atoms with Crippen molar-refractivity contribution in [2.24, 2.45) is 0 Å². The van der Waals surface area contributed by atoms with E-state index >= 15 is 0 Å². The predicted molar refractivity (Wildman–Crippen MR) is 157 cm³/mol. The largest absolute Gasteiger partial charge is 0.355 e. The molecule has 1 atom stereocenters. The predicted octanol–water partition coefficient (Wildman–Crippen LogP) is 5.75. The lowest BCUT2D eigenvalue weighted by Gasteiger charge is -2.33. The summed E-state index contributed by atoms with van der Waals surface area (Å²) in [6, 6.07) is 17.4. The minimum Gasteiger partial charge on any atom is -0.355 e. The Morgan fingerprint density at radius 1 is 0.949 bits per heavy atom. The van der Waals surface area contributed by atoms with Gasteiger partial charge in [-0.2, -0.15) is 0 Å². The molecule has 0 aliphatic heterocycles. The highest BCUT2D eigenvalue weighted by Gasteiger charge is 2.34. The number of sulfonamides is 1. The van der Waals surface area contributed by atoms with E-state index in [1.54, 1.807) is 69.3 Å². The summed E-state index contributed by atoms with van der Waals surface area (Å²) in [5.41, 5.74) is 2.63. The third kappa shape index (κ3) is 7.32. The van der Waals surface area contributed by atoms with Crippen LogP contribution >= 0.6 is 23.2 Å². The molecule has 0 unspecified atom stereocenters. The first kappa shape index (κ1) is 30.5. The molecule has 0 saturated carbocycles. The summed E-state index contributed by atoms with van der Waals surface area (Å²) in [4.78, 5) is 28.5. The fraction of sp³-hybridized carbons (Fsp3) is 0.310. The van der Waals surface area contributed by atoms with Crippen LogP contribution in [-0.4, -0.2) is 44.3 Å². The Hall–Kier alpha value is -3.07. The van der Waals surface area contributed by atoms with Crippen LogP contribution < -0.4 is 9.62 Å². The maximum Gasteiger partial charge on any atom is 0.264 e. The number of rotatable bonds is 11. The van der Waals surface area contributed by atoms with E-state index in [9.17, 15) is 18.0 Å². The Labute approximate surface area is 240 Å². The number of carbonyl (C=O) groups is 2. The first-order chi connectivity index (χ1) is 18.5. The molecule has 0 aliphatic rings. The Morgan fingerprint density at radius 2 is 1.64 bits per heavy atom. The monoisotopic (exact) mass is 589 g/mol. The summed E-state index contributed by atoms with van der Waals surface area (Å²) >= 11 is 12.5. The molecule has 0 aliphatic carbocycles. The van der Waals surface area contributed by atoms with Crippen LogP contribution in [0.4, 0.5) is 5.69 Å². The van der Waals surface area contributed by atoms with Gasteiger partial charge in [0.05, 0.1) is 10.6 Å². The molecule has 0 spiro atoms. The molecule has 7 nitrogen and oxygen atoms in total. The summed E-state index contributed by atoms with van der Waals surface area (Å²) < 4.78 is 28.9. The minimum atomic E-state index is -4.13. The van der Waals surface area contributed by atoms with Gasteiger partial charge in [0.1, 0.15) is 12.6 Å². The number of nitrogens with zero attached hydrogens (tertiary/aromatic N) is 2. The minimum absolute atomic E-state index is 0.00339. The van der Waals surface area contributed by atoms with E-state index in [1.807, 2.05) is 13.0 Å². The van der Waals surface area contributed by atoms with Crippen molar-refractivity contribution in [2.75, 3.05) is 17.4 Å². The van der Waals surface area contributed by atoms with Crippen molar-refractivity contribution in [3.63, 3.8) is 0 Å². The first-order valence-electron chi connectivity index (χ1n) is 12.7. The molecule has 1 N–H and O–H groups in total. The maximum atomic E-state index is 14.0. The molecule has 39 heavy (non-hydrogen) atoms. The van der Waals surface area contributed by atoms with Crippen molar-refractivity contribution >= 4 is 50.7 Å². The number of benzene rings is 3. The second-order valence-electron chi connectivity index (χ2n) is 9.19. The molecule has 0 aromatic heterocycles. The quantitative estimate of drug-likeness (QED) is 0.308. The summed E-state index contributed by atoms with van der Waals surface area (Å²) in [6.07, 6.45) is 0.317. The highest BCUT2D eigenvalue weighted by Crippen LogP contribution is 2.29. The van der Waals surface area contributed by atoms with Gasteiger partial charge >= 0.3 is 0 Å². The SMILES string of the molecule is CCNC(=O)[C@@H](CC)N(Cc1ccc(Cl)cc1Cl)C(=O)CN(c1ccc(C)cc1C)S(=O)(=O)c1ccccc1. The molecule has 0 fully saturated rings. The number of likely N-dealkylation sites (N-methyl/N-ethyl adjacent to an activating group) is 1. The number of hydrogen-bond donors (Lipinski definition) is 1. The Balaban J connectivity index is 2.10. The lowest BCUT2D eigenvalue weighted by atomic mass is 10.1. The molecule has 0 saturated heterocycles. The molecule has 3 rings (SSSR count). The van der Waals surface area contributed by atoms with E-state index in [4.69, 9.17) is 23.2 Å². The average Bonchev–Trinajstić information content (AvgIpc) is 2.89. The molecule has 0 heterocycles. The van der Waals surface area contributed by atoms with E-state index in [0.29, 0.717) is 39.8 Å². The van der Waals surface area contributed by atoms with E-state index in [0.717, 1.165) is 9.87 Å². The van der Waals surface area contributed by atoms with Crippen LogP contribution in [0, 0.1) is 13.8 Å². The zero-order chi connectivity index (χ0) is 28.7. The number of nitrogens with one attached hydrogen (secondary N) is 1. The summed E-state index contributed by atoms with van der Waals surface area (Å²) in [6.45, 7) is 7.17. The zero-order valence-corrected chi connectivity index (χ0v) is 24.8. The van der Waals surface area contributed by atoms with Crippen LogP contribution in [0.5, 0.6) is 0 Å². The van der Waals surface area contributed by atoms with E-state index < -0.39 is 28.5 Å². The lowest BCUT2D eigenvalue weighted by molar-refractivity contribution is -0.140. The fourth-order valence-electron chi connectivity index (χ4n) is 4.36. The van der Waals surface area contributed by atoms with E-state index in [1.165, 1.54) is 17.0 Å². The number of carbonyl (C=O) groups excluding carboxylic acids is 2. The van der Waals surface area contributed by atoms with Crippen LogP contribution in [0.2, 0.25) is 10.0 Å². The topological polar surface area (TPSA) is 86.8 Å². The fourth-order valence-corrected chi connectivity index (χ4v) is 6.33. The van der Waals surface area contributed by atoms with Crippen molar-refractivity contribution in [1.29, 1.82) is 0 Å². The van der Waals surface area contributed by atoms with Crippen molar-refractivity contribution in [3.05, 3.63) is 93.5 Å². The molecule has 10 heteroatoms. The van der Waals surface area contributed by atoms with Gasteiger partial charge in [-0.3, -0.25) is 13.9 Å². The third-order valence-corrected chi connectivity index (χ3v) is 8.68. The molecule has 3 aromatic carbocycles. The van der Waals surface area contributed by atoms with Crippen LogP contribution in [0.1, 0.15) is 37.0 Å². The molecule has 208 valence electrons. The smallest absolute Gasteiger partial charge is 0.264 e. The normalized spacial score (nSPS) is 12.1. The molecular weight excluding hydrogens is 557 g/mol. The number of hydrogen-bond acceptors (Lipinski definition) is 4. The number of amides is 2. The van der Waals surface area contributed by atoms with Crippen molar-refractivity contribution in [3.8, 4) is 0 Å². The highest BCUT2D eigenvalue weighted by atomic mass is 35.5. The highest BCUT2D eigenvalue weighted by molar-refractivity contribution is 7.92. The van der Waals surface area contributed by atoms with E-state index in [-0.39, 0.29) is 17.3 Å². The standard InChI is InChI=1S/C29H33Cl2N3O4S/c1-5-26(29(36)32-6-2)33(18-22-13-14-23(30)17-25(22)31)28(35)19-34(27-15-12-20(3)16-21(27)4)39(37,38)24-10-8-7-9-11-24/h7-17,26H,5-6,18-19H2,1-4H3,(H,32,36)/t26-/m1/s1. The zero-order valence-electron chi connectivity index (χ0n) is 22.4. The molecule has 3 aromatic rings. The second-order valence-corrected chi connectivity index (χ2v) is 11.9. The maximum absolute atomic E-state index is 14.0. The summed E-state index contributed by atoms with van der Waals surface area (Å²) in [5, 5.41) is 3.56. The van der Waals surface area contributed by atoms with Gasteiger partial charge < -0.3 is 10.2 Å². The average molecular weight is 591 g/mol. The van der Waals surface area contributed by atoms with Gasteiger partial charge in [0.25, 0.3) is 10.0 Å². The van der Waals surface area contributed by atoms with Crippen LogP contribution in [-0.2, 0) is 26.2 Å². The van der Waals surface area contributed by atoms with Crippen molar-refractivity contribution < 1.29 is 18.0 Å². The first-order valence-corrected chi connectivity index (χ1v) is 14.8. The van der Waals surface area contributed by atoms with Crippen LogP contribution in [0.3, 0.4) is 0 Å². The summed E-state index contributed by atoms with van der Waals surface area (Å²) in [7, 11) is -4.13. The van der Waals surface area contributed by atoms with Gasteiger partial charge in [-0.25, -0.2) is 8.42 Å². The van der Waals surface area contributed by atoms with Crippen molar-refractivity contribution in [1.82, 2.24) is 10.2 Å². The van der Waals surface area contributed by atoms with Gasteiger partial charge in [-0.05, 0) is 68.7 Å². The van der Waals surface area contributed by atoms with Gasteiger partial charge in [-0.15, -0.1) is 0 Å². The second kappa shape index (κ2) is 13.3. The Bertz CT molecular complexity index is 1430. The van der Waals surface area contributed by atoms with Gasteiger partial charge in [-0.1, -0.05) is 72.1 Å². The van der Waals surface area contributed by atoms with Crippen molar-refractivity contribution in [2.45, 2.75) is 51.6 Å². The molecular formula is C29H33Cl2N3O4S.